The van der Waals surface area contributed by atoms with Gasteiger partial charge in [-0.25, -0.2) is 0 Å². The second kappa shape index (κ2) is 3.58. The van der Waals surface area contributed by atoms with Crippen molar-refractivity contribution in [1.29, 1.82) is 0 Å². The van der Waals surface area contributed by atoms with Gasteiger partial charge in [-0.15, -0.1) is 0 Å². The van der Waals surface area contributed by atoms with Gasteiger partial charge < -0.3 is 10.5 Å². The van der Waals surface area contributed by atoms with Gasteiger partial charge in [-0.3, -0.25) is 0 Å². The van der Waals surface area contributed by atoms with Gasteiger partial charge in [0.1, 0.15) is 0 Å². The van der Waals surface area contributed by atoms with Crippen LogP contribution in [0.3, 0.4) is 0 Å². The first kappa shape index (κ1) is 8.27. The maximum absolute atomic E-state index is 5.46. The van der Waals surface area contributed by atoms with Crippen LogP contribution in [0.2, 0.25) is 0 Å². The third-order valence-corrected chi connectivity index (χ3v) is 3.01. The Bertz CT molecular complexity index is 179. The molecule has 2 aliphatic rings. The second-order valence-corrected chi connectivity index (χ2v) is 3.90. The molecule has 2 N–H and O–H groups in total. The zero-order chi connectivity index (χ0) is 8.39. The molecule has 2 rings (SSSR count). The third-order valence-electron chi connectivity index (χ3n) is 3.01. The lowest BCUT2D eigenvalue weighted by molar-refractivity contribution is 0.0965. The third kappa shape index (κ3) is 1.54. The maximum Gasteiger partial charge on any atom is 0.0588 e. The predicted molar refractivity (Wildman–Crippen MR) is 48.7 cm³/mol. The van der Waals surface area contributed by atoms with Crippen molar-refractivity contribution in [3.63, 3.8) is 0 Å². The van der Waals surface area contributed by atoms with E-state index in [0.29, 0.717) is 6.54 Å². The summed E-state index contributed by atoms with van der Waals surface area (Å²) < 4.78 is 5.46. The van der Waals surface area contributed by atoms with Crippen LogP contribution in [0.5, 0.6) is 0 Å². The van der Waals surface area contributed by atoms with Crippen molar-refractivity contribution in [2.45, 2.75) is 12.8 Å². The number of ether oxygens (including phenoxy) is 1. The standard InChI is InChI=1S/C10H17NO/c11-3-4-12-7-10-6-8-1-2-9(10)5-8/h1-2,8-10H,3-7,11H2. The van der Waals surface area contributed by atoms with Crippen molar-refractivity contribution >= 4 is 0 Å². The molecule has 0 amide bonds. The summed E-state index contributed by atoms with van der Waals surface area (Å²) in [4.78, 5) is 0. The van der Waals surface area contributed by atoms with E-state index >= 15 is 0 Å². The molecule has 0 aromatic rings. The first-order valence-corrected chi connectivity index (χ1v) is 4.86. The molecule has 0 aromatic carbocycles. The highest BCUT2D eigenvalue weighted by Gasteiger charge is 2.35. The van der Waals surface area contributed by atoms with Crippen molar-refractivity contribution in [2.75, 3.05) is 19.8 Å². The van der Waals surface area contributed by atoms with Crippen LogP contribution in [0.15, 0.2) is 12.2 Å². The molecule has 0 heterocycles. The molecule has 12 heavy (non-hydrogen) atoms. The van der Waals surface area contributed by atoms with Crippen molar-refractivity contribution in [3.8, 4) is 0 Å². The van der Waals surface area contributed by atoms with Gasteiger partial charge in [0, 0.05) is 6.54 Å². The van der Waals surface area contributed by atoms with Crippen molar-refractivity contribution in [1.82, 2.24) is 0 Å². The zero-order valence-electron chi connectivity index (χ0n) is 7.41. The molecule has 2 heteroatoms. The van der Waals surface area contributed by atoms with Crippen LogP contribution in [-0.2, 0) is 4.74 Å². The van der Waals surface area contributed by atoms with E-state index in [1.165, 1.54) is 12.8 Å². The second-order valence-electron chi connectivity index (χ2n) is 3.90. The molecule has 1 saturated carbocycles. The Morgan fingerprint density at radius 1 is 1.33 bits per heavy atom. The summed E-state index contributed by atoms with van der Waals surface area (Å²) in [7, 11) is 0. The monoisotopic (exact) mass is 167 g/mol. The smallest absolute Gasteiger partial charge is 0.0588 e. The van der Waals surface area contributed by atoms with Crippen LogP contribution < -0.4 is 5.73 Å². The minimum atomic E-state index is 0.649. The highest BCUT2D eigenvalue weighted by Crippen LogP contribution is 2.43. The first-order chi connectivity index (χ1) is 5.90. The molecular weight excluding hydrogens is 150 g/mol. The van der Waals surface area contributed by atoms with Crippen molar-refractivity contribution in [3.05, 3.63) is 12.2 Å². The van der Waals surface area contributed by atoms with E-state index in [9.17, 15) is 0 Å². The molecule has 3 atom stereocenters. The Labute approximate surface area is 73.8 Å². The Morgan fingerprint density at radius 2 is 2.25 bits per heavy atom. The van der Waals surface area contributed by atoms with Gasteiger partial charge in [0.15, 0.2) is 0 Å². The molecule has 3 unspecified atom stereocenters. The van der Waals surface area contributed by atoms with E-state index in [1.807, 2.05) is 0 Å². The molecule has 0 saturated heterocycles. The Morgan fingerprint density at radius 3 is 2.83 bits per heavy atom. The number of rotatable bonds is 4. The van der Waals surface area contributed by atoms with Crippen LogP contribution in [0.25, 0.3) is 0 Å². The predicted octanol–water partition coefficient (Wildman–Crippen LogP) is 1.17. The molecule has 0 radical (unpaired) electrons. The first-order valence-electron chi connectivity index (χ1n) is 4.86. The van der Waals surface area contributed by atoms with Crippen LogP contribution in [0, 0.1) is 17.8 Å². The summed E-state index contributed by atoms with van der Waals surface area (Å²) in [6.45, 7) is 2.29. The van der Waals surface area contributed by atoms with Crippen LogP contribution in [0.4, 0.5) is 0 Å². The molecule has 0 aliphatic heterocycles. The summed E-state index contributed by atoms with van der Waals surface area (Å²) in [5, 5.41) is 0. The van der Waals surface area contributed by atoms with E-state index in [-0.39, 0.29) is 0 Å². The number of hydrogen-bond donors (Lipinski definition) is 1. The summed E-state index contributed by atoms with van der Waals surface area (Å²) in [5.41, 5.74) is 5.35. The lowest BCUT2D eigenvalue weighted by atomic mass is 9.95. The van der Waals surface area contributed by atoms with Crippen molar-refractivity contribution in [2.24, 2.45) is 23.5 Å². The number of fused-ring (bicyclic) bond motifs is 2. The Hall–Kier alpha value is -0.340. The van der Waals surface area contributed by atoms with E-state index in [1.54, 1.807) is 0 Å². The summed E-state index contributed by atoms with van der Waals surface area (Å²) in [5.74, 6) is 2.46. The van der Waals surface area contributed by atoms with E-state index < -0.39 is 0 Å². The Kier molecular flexibility index (Phi) is 2.47. The van der Waals surface area contributed by atoms with Gasteiger partial charge in [-0.2, -0.15) is 0 Å². The molecule has 0 aromatic heterocycles. The van der Waals surface area contributed by atoms with Crippen LogP contribution in [0.1, 0.15) is 12.8 Å². The van der Waals surface area contributed by atoms with Gasteiger partial charge in [0.25, 0.3) is 0 Å². The van der Waals surface area contributed by atoms with Crippen LogP contribution in [-0.4, -0.2) is 19.8 Å². The fourth-order valence-electron chi connectivity index (χ4n) is 2.40. The SMILES string of the molecule is NCCOCC1CC2C=CC1C2. The van der Waals surface area contributed by atoms with Gasteiger partial charge in [-0.1, -0.05) is 12.2 Å². The molecule has 2 nitrogen and oxygen atoms in total. The number of allylic oxidation sites excluding steroid dienone is 2. The van der Waals surface area contributed by atoms with E-state index in [2.05, 4.69) is 12.2 Å². The topological polar surface area (TPSA) is 35.2 Å². The normalized spacial score (nSPS) is 37.9. The average Bonchev–Trinajstić information content (AvgIpc) is 2.65. The van der Waals surface area contributed by atoms with Gasteiger partial charge >= 0.3 is 0 Å². The Balaban J connectivity index is 1.73. The van der Waals surface area contributed by atoms with E-state index in [4.69, 9.17) is 10.5 Å². The summed E-state index contributed by atoms with van der Waals surface area (Å²) in [6, 6.07) is 0. The number of nitrogens with two attached hydrogens (primary N) is 1. The quantitative estimate of drug-likeness (QED) is 0.504. The largest absolute Gasteiger partial charge is 0.380 e. The minimum Gasteiger partial charge on any atom is -0.380 e. The van der Waals surface area contributed by atoms with Crippen molar-refractivity contribution < 1.29 is 4.74 Å². The fraction of sp³-hybridized carbons (Fsp3) is 0.800. The zero-order valence-corrected chi connectivity index (χ0v) is 7.41. The molecule has 2 aliphatic carbocycles. The van der Waals surface area contributed by atoms with Gasteiger partial charge in [0.05, 0.1) is 13.2 Å². The van der Waals surface area contributed by atoms with E-state index in [0.717, 1.165) is 31.0 Å². The molecular formula is C10H17NO. The summed E-state index contributed by atoms with van der Waals surface area (Å²) in [6.07, 6.45) is 7.44. The van der Waals surface area contributed by atoms with Gasteiger partial charge in [-0.05, 0) is 30.6 Å². The molecule has 1 fully saturated rings. The molecule has 68 valence electrons. The minimum absolute atomic E-state index is 0.649. The summed E-state index contributed by atoms with van der Waals surface area (Å²) >= 11 is 0. The average molecular weight is 167 g/mol. The molecule has 0 spiro atoms. The maximum atomic E-state index is 5.46. The lowest BCUT2D eigenvalue weighted by Crippen LogP contribution is -2.17. The highest BCUT2D eigenvalue weighted by molar-refractivity contribution is 5.09. The van der Waals surface area contributed by atoms with Crippen LogP contribution >= 0.6 is 0 Å². The van der Waals surface area contributed by atoms with Gasteiger partial charge in [0.2, 0.25) is 0 Å². The lowest BCUT2D eigenvalue weighted by Gasteiger charge is -2.17. The number of hydrogen-bond acceptors (Lipinski definition) is 2. The molecule has 2 bridgehead atoms. The highest BCUT2D eigenvalue weighted by atomic mass is 16.5. The fourth-order valence-corrected chi connectivity index (χ4v) is 2.40.